The van der Waals surface area contributed by atoms with Gasteiger partial charge in [0.05, 0.1) is 6.54 Å². The Morgan fingerprint density at radius 2 is 2.05 bits per heavy atom. The number of rotatable bonds is 4. The molecule has 0 spiro atoms. The molecule has 4 nitrogen and oxygen atoms in total. The number of hydrogen-bond donors (Lipinski definition) is 0. The molecule has 0 aromatic heterocycles. The van der Waals surface area contributed by atoms with Crippen LogP contribution in [0.3, 0.4) is 0 Å². The SMILES string of the molecule is O=C1CCCN1CC(=O)N1CC(Cc2ccccc2Cl)C1. The minimum Gasteiger partial charge on any atom is -0.340 e. The van der Waals surface area contributed by atoms with Gasteiger partial charge in [0.15, 0.2) is 0 Å². The quantitative estimate of drug-likeness (QED) is 0.853. The second-order valence-electron chi connectivity index (χ2n) is 5.88. The van der Waals surface area contributed by atoms with Crippen molar-refractivity contribution in [2.45, 2.75) is 19.3 Å². The van der Waals surface area contributed by atoms with Crippen LogP contribution in [0.15, 0.2) is 24.3 Å². The highest BCUT2D eigenvalue weighted by Crippen LogP contribution is 2.25. The highest BCUT2D eigenvalue weighted by Gasteiger charge is 2.33. The van der Waals surface area contributed by atoms with Crippen LogP contribution in [0.5, 0.6) is 0 Å². The summed E-state index contributed by atoms with van der Waals surface area (Å²) in [5.74, 6) is 0.653. The molecule has 5 heteroatoms. The van der Waals surface area contributed by atoms with E-state index in [-0.39, 0.29) is 18.4 Å². The van der Waals surface area contributed by atoms with Gasteiger partial charge < -0.3 is 9.80 Å². The molecule has 1 aromatic rings. The Balaban J connectivity index is 1.46. The van der Waals surface area contributed by atoms with E-state index in [0.717, 1.165) is 43.1 Å². The summed E-state index contributed by atoms with van der Waals surface area (Å²) in [5.41, 5.74) is 1.14. The first-order valence-corrected chi connectivity index (χ1v) is 7.80. The van der Waals surface area contributed by atoms with Crippen LogP contribution in [0.4, 0.5) is 0 Å². The van der Waals surface area contributed by atoms with Gasteiger partial charge in [-0.25, -0.2) is 0 Å². The number of carbonyl (C=O) groups is 2. The van der Waals surface area contributed by atoms with Crippen LogP contribution in [0.1, 0.15) is 18.4 Å². The van der Waals surface area contributed by atoms with Crippen molar-refractivity contribution in [3.63, 3.8) is 0 Å². The van der Waals surface area contributed by atoms with Crippen molar-refractivity contribution < 1.29 is 9.59 Å². The maximum atomic E-state index is 12.1. The summed E-state index contributed by atoms with van der Waals surface area (Å²) in [4.78, 5) is 27.1. The average molecular weight is 307 g/mol. The van der Waals surface area contributed by atoms with Crippen molar-refractivity contribution in [3.8, 4) is 0 Å². The maximum absolute atomic E-state index is 12.1. The molecule has 2 heterocycles. The number of benzene rings is 1. The third-order valence-corrected chi connectivity index (χ3v) is 4.64. The van der Waals surface area contributed by atoms with Gasteiger partial charge >= 0.3 is 0 Å². The van der Waals surface area contributed by atoms with Crippen LogP contribution in [0, 0.1) is 5.92 Å². The fourth-order valence-electron chi connectivity index (χ4n) is 3.01. The van der Waals surface area contributed by atoms with Gasteiger partial charge in [0, 0.05) is 31.1 Å². The van der Waals surface area contributed by atoms with E-state index in [2.05, 4.69) is 0 Å². The minimum atomic E-state index is 0.0701. The number of likely N-dealkylation sites (tertiary alicyclic amines) is 2. The van der Waals surface area contributed by atoms with Crippen LogP contribution in [-0.2, 0) is 16.0 Å². The Labute approximate surface area is 129 Å². The molecule has 112 valence electrons. The zero-order valence-electron chi connectivity index (χ0n) is 11.9. The molecule has 2 fully saturated rings. The fraction of sp³-hybridized carbons (Fsp3) is 0.500. The van der Waals surface area contributed by atoms with Crippen molar-refractivity contribution in [2.24, 2.45) is 5.92 Å². The van der Waals surface area contributed by atoms with E-state index in [1.807, 2.05) is 29.2 Å². The van der Waals surface area contributed by atoms with E-state index in [9.17, 15) is 9.59 Å². The van der Waals surface area contributed by atoms with E-state index in [4.69, 9.17) is 11.6 Å². The molecule has 2 aliphatic heterocycles. The summed E-state index contributed by atoms with van der Waals surface area (Å²) >= 11 is 6.15. The van der Waals surface area contributed by atoms with Crippen LogP contribution < -0.4 is 0 Å². The fourth-order valence-corrected chi connectivity index (χ4v) is 3.22. The summed E-state index contributed by atoms with van der Waals surface area (Å²) in [6, 6.07) is 7.85. The summed E-state index contributed by atoms with van der Waals surface area (Å²) in [6.07, 6.45) is 2.37. The maximum Gasteiger partial charge on any atom is 0.242 e. The van der Waals surface area contributed by atoms with E-state index >= 15 is 0 Å². The first-order chi connectivity index (χ1) is 10.1. The number of amides is 2. The van der Waals surface area contributed by atoms with Gasteiger partial charge in [-0.15, -0.1) is 0 Å². The highest BCUT2D eigenvalue weighted by atomic mass is 35.5. The third-order valence-electron chi connectivity index (χ3n) is 4.27. The average Bonchev–Trinajstić information content (AvgIpc) is 2.81. The van der Waals surface area contributed by atoms with Crippen molar-refractivity contribution in [1.82, 2.24) is 9.80 Å². The van der Waals surface area contributed by atoms with Crippen molar-refractivity contribution in [3.05, 3.63) is 34.9 Å². The first-order valence-electron chi connectivity index (χ1n) is 7.42. The van der Waals surface area contributed by atoms with E-state index < -0.39 is 0 Å². The minimum absolute atomic E-state index is 0.0701. The van der Waals surface area contributed by atoms with E-state index in [1.54, 1.807) is 4.90 Å². The number of carbonyl (C=O) groups excluding carboxylic acids is 2. The van der Waals surface area contributed by atoms with E-state index in [0.29, 0.717) is 12.3 Å². The van der Waals surface area contributed by atoms with E-state index in [1.165, 1.54) is 0 Å². The van der Waals surface area contributed by atoms with Gasteiger partial charge in [0.25, 0.3) is 0 Å². The topological polar surface area (TPSA) is 40.6 Å². The Bertz CT molecular complexity index is 555. The smallest absolute Gasteiger partial charge is 0.242 e. The Hall–Kier alpha value is -1.55. The normalized spacial score (nSPS) is 19.0. The molecule has 0 aliphatic carbocycles. The van der Waals surface area contributed by atoms with Gasteiger partial charge in [-0.3, -0.25) is 9.59 Å². The molecular formula is C16H19ClN2O2. The molecule has 0 saturated carbocycles. The Morgan fingerprint density at radius 1 is 1.29 bits per heavy atom. The lowest BCUT2D eigenvalue weighted by atomic mass is 9.92. The summed E-state index contributed by atoms with van der Waals surface area (Å²) < 4.78 is 0. The Kier molecular flexibility index (Phi) is 4.15. The van der Waals surface area contributed by atoms with Gasteiger partial charge in [0.1, 0.15) is 0 Å². The molecule has 21 heavy (non-hydrogen) atoms. The molecule has 2 amide bonds. The van der Waals surface area contributed by atoms with Gasteiger partial charge in [-0.1, -0.05) is 29.8 Å². The number of halogens is 1. The molecule has 0 bridgehead atoms. The van der Waals surface area contributed by atoms with Crippen molar-refractivity contribution >= 4 is 23.4 Å². The zero-order chi connectivity index (χ0) is 14.8. The van der Waals surface area contributed by atoms with Gasteiger partial charge in [-0.05, 0) is 30.4 Å². The molecule has 0 radical (unpaired) electrons. The second kappa shape index (κ2) is 6.06. The lowest BCUT2D eigenvalue weighted by molar-refractivity contribution is -0.142. The lowest BCUT2D eigenvalue weighted by Crippen LogP contribution is -2.53. The molecular weight excluding hydrogens is 288 g/mol. The molecule has 0 unspecified atom stereocenters. The Morgan fingerprint density at radius 3 is 2.71 bits per heavy atom. The zero-order valence-corrected chi connectivity index (χ0v) is 12.7. The molecule has 0 atom stereocenters. The summed E-state index contributed by atoms with van der Waals surface area (Å²) in [7, 11) is 0. The summed E-state index contributed by atoms with van der Waals surface area (Å²) in [6.45, 7) is 2.51. The molecule has 3 rings (SSSR count). The van der Waals surface area contributed by atoms with Crippen LogP contribution in [0.2, 0.25) is 5.02 Å². The monoisotopic (exact) mass is 306 g/mol. The van der Waals surface area contributed by atoms with Crippen molar-refractivity contribution in [2.75, 3.05) is 26.2 Å². The van der Waals surface area contributed by atoms with Gasteiger partial charge in [-0.2, -0.15) is 0 Å². The van der Waals surface area contributed by atoms with Crippen LogP contribution in [-0.4, -0.2) is 47.8 Å². The number of nitrogens with zero attached hydrogens (tertiary/aromatic N) is 2. The van der Waals surface area contributed by atoms with Gasteiger partial charge in [0.2, 0.25) is 11.8 Å². The predicted octanol–water partition coefficient (Wildman–Crippen LogP) is 1.96. The molecule has 2 aliphatic rings. The summed E-state index contributed by atoms with van der Waals surface area (Å²) in [5, 5.41) is 0.796. The standard InChI is InChI=1S/C16H19ClN2O2/c17-14-5-2-1-4-13(14)8-12-9-19(10-12)16(21)11-18-7-3-6-15(18)20/h1-2,4-5,12H,3,6-11H2. The second-order valence-corrected chi connectivity index (χ2v) is 6.29. The number of hydrogen-bond acceptors (Lipinski definition) is 2. The molecule has 1 aromatic carbocycles. The van der Waals surface area contributed by atoms with Crippen LogP contribution >= 0.6 is 11.6 Å². The molecule has 0 N–H and O–H groups in total. The highest BCUT2D eigenvalue weighted by molar-refractivity contribution is 6.31. The largest absolute Gasteiger partial charge is 0.340 e. The third kappa shape index (κ3) is 3.21. The van der Waals surface area contributed by atoms with Crippen LogP contribution in [0.25, 0.3) is 0 Å². The lowest BCUT2D eigenvalue weighted by Gasteiger charge is -2.40. The predicted molar refractivity (Wildman–Crippen MR) is 81.0 cm³/mol. The molecule has 2 saturated heterocycles. The first kappa shape index (κ1) is 14.4. The van der Waals surface area contributed by atoms with Crippen molar-refractivity contribution in [1.29, 1.82) is 0 Å².